The predicted octanol–water partition coefficient (Wildman–Crippen LogP) is 11.8. The second-order valence-corrected chi connectivity index (χ2v) is 12.7. The summed E-state index contributed by atoms with van der Waals surface area (Å²) >= 11 is 0. The summed E-state index contributed by atoms with van der Waals surface area (Å²) in [5, 5.41) is 8.44. The Kier molecular flexibility index (Phi) is 5.83. The Balaban J connectivity index is 1.18. The van der Waals surface area contributed by atoms with E-state index in [0.29, 0.717) is 0 Å². The van der Waals surface area contributed by atoms with Gasteiger partial charge in [-0.25, -0.2) is 0 Å². The first-order valence-corrected chi connectivity index (χ1v) is 16.5. The quantitative estimate of drug-likeness (QED) is 0.200. The van der Waals surface area contributed by atoms with E-state index in [1.165, 1.54) is 55.0 Å². The Labute approximate surface area is 272 Å². The first kappa shape index (κ1) is 26.4. The molecule has 1 unspecified atom stereocenters. The Morgan fingerprint density at radius 2 is 1.32 bits per heavy atom. The fourth-order valence-corrected chi connectivity index (χ4v) is 7.85. The average molecular weight is 606 g/mol. The highest BCUT2D eigenvalue weighted by Crippen LogP contribution is 2.42. The molecule has 0 radical (unpaired) electrons. The van der Waals surface area contributed by atoms with Crippen LogP contribution in [-0.4, -0.2) is 6.04 Å². The molecule has 2 heterocycles. The van der Waals surface area contributed by atoms with E-state index in [-0.39, 0.29) is 6.04 Å². The normalized spacial score (nSPS) is 16.2. The first-order chi connectivity index (χ1) is 23.3. The Hall–Kier alpha value is -5.80. The summed E-state index contributed by atoms with van der Waals surface area (Å²) in [7, 11) is 0. The van der Waals surface area contributed by atoms with Gasteiger partial charge < -0.3 is 13.7 Å². The summed E-state index contributed by atoms with van der Waals surface area (Å²) in [5.41, 5.74) is 9.12. The zero-order chi connectivity index (χ0) is 30.9. The summed E-state index contributed by atoms with van der Waals surface area (Å²) in [6, 6.07) is 43.7. The van der Waals surface area contributed by atoms with Crippen LogP contribution in [0.4, 0.5) is 5.69 Å². The van der Waals surface area contributed by atoms with Crippen molar-refractivity contribution in [2.24, 2.45) is 0 Å². The van der Waals surface area contributed by atoms with Crippen LogP contribution in [0.15, 0.2) is 154 Å². The molecule has 3 nitrogen and oxygen atoms in total. The lowest BCUT2D eigenvalue weighted by molar-refractivity contribution is 0.588. The smallest absolute Gasteiger partial charge is 0.136 e. The zero-order valence-corrected chi connectivity index (χ0v) is 25.8. The van der Waals surface area contributed by atoms with Crippen molar-refractivity contribution in [2.75, 3.05) is 4.90 Å². The highest BCUT2D eigenvalue weighted by molar-refractivity contribution is 6.11. The monoisotopic (exact) mass is 605 g/mol. The van der Waals surface area contributed by atoms with Gasteiger partial charge in [0.25, 0.3) is 0 Å². The molecule has 10 rings (SSSR count). The number of rotatable bonds is 4. The van der Waals surface area contributed by atoms with Gasteiger partial charge >= 0.3 is 0 Å². The van der Waals surface area contributed by atoms with Crippen LogP contribution < -0.4 is 4.90 Å². The second kappa shape index (κ2) is 10.4. The topological polar surface area (TPSA) is 29.5 Å². The van der Waals surface area contributed by atoms with Crippen LogP contribution in [0.5, 0.6) is 0 Å². The third-order valence-corrected chi connectivity index (χ3v) is 10.1. The summed E-state index contributed by atoms with van der Waals surface area (Å²) < 4.78 is 12.7. The maximum atomic E-state index is 6.39. The van der Waals surface area contributed by atoms with E-state index in [1.807, 2.05) is 0 Å². The number of anilines is 1. The number of hydrogen-bond donors (Lipinski definition) is 0. The maximum absolute atomic E-state index is 6.39. The van der Waals surface area contributed by atoms with Crippen molar-refractivity contribution < 1.29 is 8.83 Å². The summed E-state index contributed by atoms with van der Waals surface area (Å²) in [6.45, 7) is 0. The number of fused-ring (bicyclic) bond motifs is 8. The number of hydrogen-bond acceptors (Lipinski definition) is 3. The highest BCUT2D eigenvalue weighted by atomic mass is 16.3. The molecular weight excluding hydrogens is 574 g/mol. The molecule has 8 aromatic rings. The van der Waals surface area contributed by atoms with Crippen LogP contribution in [0, 0.1) is 0 Å². The summed E-state index contributed by atoms with van der Waals surface area (Å²) in [4.78, 5) is 2.62. The predicted molar refractivity (Wildman–Crippen MR) is 196 cm³/mol. The van der Waals surface area contributed by atoms with Gasteiger partial charge in [-0.1, -0.05) is 103 Å². The van der Waals surface area contributed by atoms with Crippen LogP contribution in [-0.2, 0) is 6.42 Å². The number of para-hydroxylation sites is 1. The molecule has 2 aliphatic rings. The van der Waals surface area contributed by atoms with Crippen molar-refractivity contribution in [1.82, 2.24) is 0 Å². The van der Waals surface area contributed by atoms with Gasteiger partial charge in [0.2, 0.25) is 0 Å². The molecule has 6 aromatic carbocycles. The molecule has 224 valence electrons. The molecule has 3 heteroatoms. The van der Waals surface area contributed by atoms with Gasteiger partial charge in [0.1, 0.15) is 22.5 Å². The Morgan fingerprint density at radius 1 is 0.574 bits per heavy atom. The van der Waals surface area contributed by atoms with Gasteiger partial charge in [0.05, 0.1) is 6.04 Å². The second-order valence-electron chi connectivity index (χ2n) is 12.7. The summed E-state index contributed by atoms with van der Waals surface area (Å²) in [5.74, 6) is 0.975. The van der Waals surface area contributed by atoms with Crippen molar-refractivity contribution in [3.05, 3.63) is 162 Å². The van der Waals surface area contributed by atoms with Crippen molar-refractivity contribution in [2.45, 2.75) is 25.3 Å². The minimum atomic E-state index is 0.121. The average Bonchev–Trinajstić information content (AvgIpc) is 3.68. The van der Waals surface area contributed by atoms with E-state index in [4.69, 9.17) is 8.83 Å². The van der Waals surface area contributed by atoms with E-state index in [0.717, 1.165) is 52.5 Å². The molecule has 2 aliphatic carbocycles. The Morgan fingerprint density at radius 3 is 2.23 bits per heavy atom. The Bertz CT molecular complexity index is 2620. The van der Waals surface area contributed by atoms with Crippen LogP contribution in [0.1, 0.15) is 29.7 Å². The van der Waals surface area contributed by atoms with Crippen molar-refractivity contribution in [3.63, 3.8) is 0 Å². The van der Waals surface area contributed by atoms with Crippen LogP contribution in [0.3, 0.4) is 0 Å². The zero-order valence-electron chi connectivity index (χ0n) is 25.8. The third kappa shape index (κ3) is 4.20. The molecule has 0 bridgehead atoms. The minimum Gasteiger partial charge on any atom is -0.456 e. The number of furan rings is 2. The lowest BCUT2D eigenvalue weighted by Gasteiger charge is -2.38. The molecule has 1 atom stereocenters. The lowest BCUT2D eigenvalue weighted by Crippen LogP contribution is -2.37. The van der Waals surface area contributed by atoms with E-state index < -0.39 is 0 Å². The molecule has 0 aliphatic heterocycles. The molecule has 0 spiro atoms. The molecule has 0 saturated heterocycles. The fourth-order valence-electron chi connectivity index (χ4n) is 7.85. The number of nitrogens with zero attached hydrogens (tertiary/aromatic N) is 1. The van der Waals surface area contributed by atoms with E-state index in [1.54, 1.807) is 0 Å². The first-order valence-electron chi connectivity index (χ1n) is 16.5. The molecule has 0 amide bonds. The molecule has 2 aromatic heterocycles. The minimum absolute atomic E-state index is 0.121. The molecular formula is C44H31NO2. The molecule has 0 fully saturated rings. The van der Waals surface area contributed by atoms with E-state index >= 15 is 0 Å². The molecule has 0 N–H and O–H groups in total. The van der Waals surface area contributed by atoms with Gasteiger partial charge in [0.15, 0.2) is 0 Å². The van der Waals surface area contributed by atoms with Gasteiger partial charge in [-0.15, -0.1) is 0 Å². The number of allylic oxidation sites excluding steroid dienone is 4. The SMILES string of the molecule is C1=CC(c2ccc3oc4cc5ccccc5cc4c3c2)=C(N(c2cccc3ccccc23)C2C=Cc3oc4ccccc4c3C2)CC1. The van der Waals surface area contributed by atoms with Gasteiger partial charge in [-0.05, 0) is 77.0 Å². The largest absolute Gasteiger partial charge is 0.456 e. The van der Waals surface area contributed by atoms with Crippen LogP contribution in [0.25, 0.3) is 66.1 Å². The molecule has 47 heavy (non-hydrogen) atoms. The standard InChI is InChI=1S/C44H31NO2/c1-2-12-30-26-44-37(24-29(30)11-1)36-25-31(20-22-42(36)47-44)34-15-5-7-17-39(34)45(40-18-9-13-28-10-3-4-14-33(28)40)32-21-23-43-38(27-32)35-16-6-8-19-41(35)46-43/h1-6,8-16,18-26,32H,7,17,27H2. The van der Waals surface area contributed by atoms with E-state index in [2.05, 4.69) is 151 Å². The third-order valence-electron chi connectivity index (χ3n) is 10.1. The van der Waals surface area contributed by atoms with Crippen molar-refractivity contribution in [1.29, 1.82) is 0 Å². The summed E-state index contributed by atoms with van der Waals surface area (Å²) in [6.07, 6.45) is 12.0. The highest BCUT2D eigenvalue weighted by Gasteiger charge is 2.30. The maximum Gasteiger partial charge on any atom is 0.136 e. The van der Waals surface area contributed by atoms with Gasteiger partial charge in [-0.3, -0.25) is 0 Å². The van der Waals surface area contributed by atoms with Gasteiger partial charge in [0, 0.05) is 50.5 Å². The van der Waals surface area contributed by atoms with E-state index in [9.17, 15) is 0 Å². The fraction of sp³-hybridized carbons (Fsp3) is 0.0909. The van der Waals surface area contributed by atoms with Crippen molar-refractivity contribution >= 4 is 71.8 Å². The van der Waals surface area contributed by atoms with Gasteiger partial charge in [-0.2, -0.15) is 0 Å². The lowest BCUT2D eigenvalue weighted by atomic mass is 9.90. The molecule has 0 saturated carbocycles. The number of benzene rings is 6. The van der Waals surface area contributed by atoms with Crippen LogP contribution >= 0.6 is 0 Å². The van der Waals surface area contributed by atoms with Crippen molar-refractivity contribution in [3.8, 4) is 0 Å². The van der Waals surface area contributed by atoms with Crippen LogP contribution in [0.2, 0.25) is 0 Å².